The topological polar surface area (TPSA) is 81.1 Å². The standard InChI is InChI=1S/C22H21N5O2S/c1-3-29-21(28)19-14(2)23-22(30)24-20(19)16-10-7-11-17(12-16)27-13-18(25-26-27)15-8-5-4-6-9-15/h4-13,20H,3H2,1-2H3,(H2,23,24,30). The molecule has 1 aliphatic heterocycles. The molecule has 7 nitrogen and oxygen atoms in total. The summed E-state index contributed by atoms with van der Waals surface area (Å²) < 4.78 is 6.97. The van der Waals surface area contributed by atoms with Crippen LogP contribution < -0.4 is 10.6 Å². The highest BCUT2D eigenvalue weighted by Crippen LogP contribution is 2.29. The van der Waals surface area contributed by atoms with Gasteiger partial charge in [-0.15, -0.1) is 5.10 Å². The maximum absolute atomic E-state index is 12.6. The zero-order valence-corrected chi connectivity index (χ0v) is 17.4. The molecule has 0 saturated carbocycles. The zero-order chi connectivity index (χ0) is 21.1. The van der Waals surface area contributed by atoms with Gasteiger partial charge in [-0.3, -0.25) is 0 Å². The fourth-order valence-corrected chi connectivity index (χ4v) is 3.67. The Bertz CT molecular complexity index is 1120. The van der Waals surface area contributed by atoms with Gasteiger partial charge in [-0.25, -0.2) is 9.48 Å². The molecule has 0 fully saturated rings. The minimum absolute atomic E-state index is 0.300. The molecule has 1 aliphatic rings. The molecule has 152 valence electrons. The Labute approximate surface area is 179 Å². The lowest BCUT2D eigenvalue weighted by molar-refractivity contribution is -0.139. The van der Waals surface area contributed by atoms with Gasteiger partial charge in [0, 0.05) is 11.3 Å². The maximum atomic E-state index is 12.6. The van der Waals surface area contributed by atoms with Crippen molar-refractivity contribution >= 4 is 23.3 Å². The number of nitrogens with one attached hydrogen (secondary N) is 2. The second-order valence-electron chi connectivity index (χ2n) is 6.80. The Morgan fingerprint density at radius 1 is 1.20 bits per heavy atom. The zero-order valence-electron chi connectivity index (χ0n) is 16.6. The number of nitrogens with zero attached hydrogens (tertiary/aromatic N) is 3. The summed E-state index contributed by atoms with van der Waals surface area (Å²) >= 11 is 5.31. The van der Waals surface area contributed by atoms with Crippen molar-refractivity contribution in [3.8, 4) is 16.9 Å². The van der Waals surface area contributed by atoms with Gasteiger partial charge in [0.05, 0.1) is 30.1 Å². The van der Waals surface area contributed by atoms with Crippen molar-refractivity contribution < 1.29 is 9.53 Å². The lowest BCUT2D eigenvalue weighted by atomic mass is 9.95. The van der Waals surface area contributed by atoms with Gasteiger partial charge in [0.1, 0.15) is 5.69 Å². The van der Waals surface area contributed by atoms with E-state index >= 15 is 0 Å². The molecule has 0 saturated heterocycles. The summed E-state index contributed by atoms with van der Waals surface area (Å²) in [5, 5.41) is 15.2. The second kappa shape index (κ2) is 8.46. The van der Waals surface area contributed by atoms with E-state index in [4.69, 9.17) is 17.0 Å². The smallest absolute Gasteiger partial charge is 0.338 e. The van der Waals surface area contributed by atoms with Crippen LogP contribution in [0.25, 0.3) is 16.9 Å². The van der Waals surface area contributed by atoms with Crippen molar-refractivity contribution in [1.29, 1.82) is 0 Å². The lowest BCUT2D eigenvalue weighted by Crippen LogP contribution is -2.45. The van der Waals surface area contributed by atoms with E-state index in [0.29, 0.717) is 23.0 Å². The SMILES string of the molecule is CCOC(=O)C1=C(C)NC(=S)NC1c1cccc(-n2cc(-c3ccccc3)nn2)c1. The van der Waals surface area contributed by atoms with Gasteiger partial charge < -0.3 is 15.4 Å². The van der Waals surface area contributed by atoms with Gasteiger partial charge >= 0.3 is 5.97 Å². The lowest BCUT2D eigenvalue weighted by Gasteiger charge is -2.30. The maximum Gasteiger partial charge on any atom is 0.338 e. The van der Waals surface area contributed by atoms with E-state index in [1.807, 2.05) is 67.7 Å². The molecule has 0 amide bonds. The average Bonchev–Trinajstić information content (AvgIpc) is 3.24. The van der Waals surface area contributed by atoms with Crippen LogP contribution in [0, 0.1) is 0 Å². The van der Waals surface area contributed by atoms with Crippen LogP contribution in [-0.2, 0) is 9.53 Å². The Kier molecular flexibility index (Phi) is 5.58. The molecular weight excluding hydrogens is 398 g/mol. The summed E-state index contributed by atoms with van der Waals surface area (Å²) in [5.74, 6) is -0.375. The third kappa shape index (κ3) is 3.95. The second-order valence-corrected chi connectivity index (χ2v) is 7.21. The number of esters is 1. The van der Waals surface area contributed by atoms with E-state index in [0.717, 1.165) is 22.5 Å². The summed E-state index contributed by atoms with van der Waals surface area (Å²) in [6, 6.07) is 17.2. The monoisotopic (exact) mass is 419 g/mol. The largest absolute Gasteiger partial charge is 0.463 e. The summed E-state index contributed by atoms with van der Waals surface area (Å²) in [6.07, 6.45) is 1.88. The summed E-state index contributed by atoms with van der Waals surface area (Å²) in [5.41, 5.74) is 4.66. The van der Waals surface area contributed by atoms with Crippen molar-refractivity contribution in [2.24, 2.45) is 0 Å². The van der Waals surface area contributed by atoms with Crippen LogP contribution >= 0.6 is 12.2 Å². The van der Waals surface area contributed by atoms with Crippen LogP contribution in [0.5, 0.6) is 0 Å². The quantitative estimate of drug-likeness (QED) is 0.485. The highest BCUT2D eigenvalue weighted by atomic mass is 32.1. The van der Waals surface area contributed by atoms with Gasteiger partial charge in [-0.05, 0) is 43.8 Å². The summed E-state index contributed by atoms with van der Waals surface area (Å²) in [7, 11) is 0. The molecule has 0 radical (unpaired) electrons. The van der Waals surface area contributed by atoms with Crippen LogP contribution in [0.4, 0.5) is 0 Å². The average molecular weight is 420 g/mol. The Hall–Kier alpha value is -3.52. The predicted molar refractivity (Wildman–Crippen MR) is 118 cm³/mol. The fraction of sp³-hybridized carbons (Fsp3) is 0.182. The van der Waals surface area contributed by atoms with Crippen molar-refractivity contribution in [3.05, 3.63) is 77.6 Å². The minimum Gasteiger partial charge on any atom is -0.463 e. The number of hydrogen-bond acceptors (Lipinski definition) is 5. The summed E-state index contributed by atoms with van der Waals surface area (Å²) in [6.45, 7) is 3.90. The first-order valence-corrected chi connectivity index (χ1v) is 10.0. The van der Waals surface area contributed by atoms with Crippen molar-refractivity contribution in [2.75, 3.05) is 6.61 Å². The molecule has 0 spiro atoms. The van der Waals surface area contributed by atoms with Crippen LogP contribution in [0.3, 0.4) is 0 Å². The molecule has 1 atom stereocenters. The number of allylic oxidation sites excluding steroid dienone is 1. The Morgan fingerprint density at radius 3 is 2.77 bits per heavy atom. The van der Waals surface area contributed by atoms with E-state index in [9.17, 15) is 4.79 Å². The number of ether oxygens (including phenoxy) is 1. The molecule has 8 heteroatoms. The molecule has 2 N–H and O–H groups in total. The highest BCUT2D eigenvalue weighted by Gasteiger charge is 2.31. The predicted octanol–water partition coefficient (Wildman–Crippen LogP) is 3.29. The molecule has 2 aromatic carbocycles. The number of carbonyl (C=O) groups excluding carboxylic acids is 1. The van der Waals surface area contributed by atoms with Crippen LogP contribution in [0.15, 0.2) is 72.1 Å². The van der Waals surface area contributed by atoms with E-state index in [-0.39, 0.29) is 5.97 Å². The fourth-order valence-electron chi connectivity index (χ4n) is 3.40. The first-order chi connectivity index (χ1) is 14.6. The van der Waals surface area contributed by atoms with Crippen LogP contribution in [0.2, 0.25) is 0 Å². The first kappa shape index (κ1) is 19.8. The highest BCUT2D eigenvalue weighted by molar-refractivity contribution is 7.80. The minimum atomic E-state index is -0.421. The Balaban J connectivity index is 1.69. The number of thiocarbonyl (C=S) groups is 1. The normalized spacial score (nSPS) is 16.1. The van der Waals surface area contributed by atoms with Gasteiger partial charge in [0.15, 0.2) is 5.11 Å². The molecule has 1 unspecified atom stereocenters. The van der Waals surface area contributed by atoms with Gasteiger partial charge in [-0.2, -0.15) is 0 Å². The third-order valence-corrected chi connectivity index (χ3v) is 5.02. The van der Waals surface area contributed by atoms with Gasteiger partial charge in [0.25, 0.3) is 0 Å². The molecular formula is C22H21N5O2S. The van der Waals surface area contributed by atoms with E-state index in [2.05, 4.69) is 20.9 Å². The molecule has 0 aliphatic carbocycles. The molecule has 4 rings (SSSR count). The summed E-state index contributed by atoms with van der Waals surface area (Å²) in [4.78, 5) is 12.6. The van der Waals surface area contributed by atoms with Crippen molar-refractivity contribution in [2.45, 2.75) is 19.9 Å². The van der Waals surface area contributed by atoms with E-state index in [1.54, 1.807) is 11.6 Å². The number of aromatic nitrogens is 3. The van der Waals surface area contributed by atoms with Crippen LogP contribution in [-0.4, -0.2) is 32.7 Å². The molecule has 2 heterocycles. The van der Waals surface area contributed by atoms with E-state index in [1.165, 1.54) is 0 Å². The Morgan fingerprint density at radius 2 is 2.00 bits per heavy atom. The third-order valence-electron chi connectivity index (χ3n) is 4.80. The number of carbonyl (C=O) groups is 1. The molecule has 30 heavy (non-hydrogen) atoms. The van der Waals surface area contributed by atoms with Gasteiger partial charge in [0.2, 0.25) is 0 Å². The first-order valence-electron chi connectivity index (χ1n) is 9.60. The van der Waals surface area contributed by atoms with Crippen molar-refractivity contribution in [1.82, 2.24) is 25.6 Å². The van der Waals surface area contributed by atoms with E-state index < -0.39 is 6.04 Å². The molecule has 1 aromatic heterocycles. The van der Waals surface area contributed by atoms with Crippen LogP contribution in [0.1, 0.15) is 25.5 Å². The number of hydrogen-bond donors (Lipinski definition) is 2. The number of rotatable bonds is 5. The molecule has 3 aromatic rings. The molecule has 0 bridgehead atoms. The number of benzene rings is 2. The van der Waals surface area contributed by atoms with Gasteiger partial charge in [-0.1, -0.05) is 47.7 Å². The van der Waals surface area contributed by atoms with Crippen molar-refractivity contribution in [3.63, 3.8) is 0 Å².